The van der Waals surface area contributed by atoms with Crippen molar-refractivity contribution in [1.82, 2.24) is 0 Å². The maximum absolute atomic E-state index is 12.4. The molecule has 2 amide bonds. The summed E-state index contributed by atoms with van der Waals surface area (Å²) in [5, 5.41) is 5.82. The number of amides is 2. The van der Waals surface area contributed by atoms with Crippen LogP contribution in [0.2, 0.25) is 0 Å². The lowest BCUT2D eigenvalue weighted by molar-refractivity contribution is -0.116. The molecule has 0 aliphatic heterocycles. The van der Waals surface area contributed by atoms with E-state index in [0.717, 1.165) is 33.4 Å². The normalized spacial score (nSPS) is 10.5. The largest absolute Gasteiger partial charge is 0.326 e. The number of aryl methyl sites for hydroxylation is 1. The third-order valence-corrected chi connectivity index (χ3v) is 5.05. The van der Waals surface area contributed by atoms with E-state index in [0.29, 0.717) is 12.0 Å². The van der Waals surface area contributed by atoms with Crippen molar-refractivity contribution in [3.8, 4) is 0 Å². The Morgan fingerprint density at radius 3 is 2.30 bits per heavy atom. The zero-order chi connectivity index (χ0) is 19.6. The Balaban J connectivity index is 1.85. The molecule has 5 heteroatoms. The Morgan fingerprint density at radius 1 is 0.926 bits per heavy atom. The minimum absolute atomic E-state index is 0.0261. The van der Waals surface area contributed by atoms with Crippen molar-refractivity contribution in [1.29, 1.82) is 0 Å². The second kappa shape index (κ2) is 11.1. The molecule has 0 spiro atoms. The van der Waals surface area contributed by atoms with Gasteiger partial charge in [0.25, 0.3) is 5.91 Å². The highest BCUT2D eigenvalue weighted by Gasteiger charge is 2.09. The molecule has 0 radical (unpaired) electrons. The average Bonchev–Trinajstić information content (AvgIpc) is 2.64. The van der Waals surface area contributed by atoms with Crippen LogP contribution in [0.5, 0.6) is 0 Å². The molecule has 144 valence electrons. The lowest BCUT2D eigenvalue weighted by atomic mass is 10.1. The summed E-state index contributed by atoms with van der Waals surface area (Å²) in [6.45, 7) is 4.15. The molecule has 2 N–H and O–H groups in total. The van der Waals surface area contributed by atoms with Gasteiger partial charge in [0.15, 0.2) is 0 Å². The number of carbonyl (C=O) groups excluding carboxylic acids is 2. The lowest BCUT2D eigenvalue weighted by Gasteiger charge is -2.10. The van der Waals surface area contributed by atoms with Gasteiger partial charge >= 0.3 is 0 Å². The molecule has 0 aliphatic carbocycles. The number of hydrogen-bond acceptors (Lipinski definition) is 2. The summed E-state index contributed by atoms with van der Waals surface area (Å²) < 4.78 is 1.13. The summed E-state index contributed by atoms with van der Waals surface area (Å²) in [6, 6.07) is 12.9. The SMILES string of the molecule is CCCCCCCC(=O)Nc1ccc(C(=O)Nc2ccc(I)cc2C)cc1. The number of nitrogens with one attached hydrogen (secondary N) is 2. The average molecular weight is 478 g/mol. The van der Waals surface area contributed by atoms with Crippen LogP contribution in [0.4, 0.5) is 11.4 Å². The molecule has 0 unspecified atom stereocenters. The molecule has 2 aromatic rings. The molecule has 0 aromatic heterocycles. The maximum atomic E-state index is 12.4. The minimum atomic E-state index is -0.159. The van der Waals surface area contributed by atoms with E-state index < -0.39 is 0 Å². The molecular formula is C22H27IN2O2. The molecule has 2 rings (SSSR count). The zero-order valence-corrected chi connectivity index (χ0v) is 18.1. The van der Waals surface area contributed by atoms with Crippen molar-refractivity contribution in [3.05, 3.63) is 57.2 Å². The Kier molecular flexibility index (Phi) is 8.78. The van der Waals surface area contributed by atoms with E-state index in [2.05, 4.69) is 40.1 Å². The molecule has 0 atom stereocenters. The Bertz CT molecular complexity index is 772. The van der Waals surface area contributed by atoms with Gasteiger partial charge in [-0.05, 0) is 84.0 Å². The predicted octanol–water partition coefficient (Wildman–Crippen LogP) is 6.15. The van der Waals surface area contributed by atoms with Crippen LogP contribution in [0.1, 0.15) is 61.4 Å². The highest BCUT2D eigenvalue weighted by Crippen LogP contribution is 2.19. The molecule has 0 saturated carbocycles. The van der Waals surface area contributed by atoms with E-state index in [-0.39, 0.29) is 11.8 Å². The highest BCUT2D eigenvalue weighted by molar-refractivity contribution is 14.1. The van der Waals surface area contributed by atoms with E-state index in [1.165, 1.54) is 19.3 Å². The van der Waals surface area contributed by atoms with E-state index in [1.54, 1.807) is 24.3 Å². The van der Waals surface area contributed by atoms with Crippen molar-refractivity contribution in [2.75, 3.05) is 10.6 Å². The van der Waals surface area contributed by atoms with Gasteiger partial charge in [-0.2, -0.15) is 0 Å². The molecule has 2 aromatic carbocycles. The second-order valence-corrected chi connectivity index (χ2v) is 7.95. The van der Waals surface area contributed by atoms with Crippen molar-refractivity contribution < 1.29 is 9.59 Å². The van der Waals surface area contributed by atoms with E-state index in [4.69, 9.17) is 0 Å². The van der Waals surface area contributed by atoms with Gasteiger partial charge in [-0.25, -0.2) is 0 Å². The Labute approximate surface area is 175 Å². The maximum Gasteiger partial charge on any atom is 0.255 e. The first-order valence-electron chi connectivity index (χ1n) is 9.47. The molecule has 4 nitrogen and oxygen atoms in total. The van der Waals surface area contributed by atoms with Crippen molar-refractivity contribution >= 4 is 45.8 Å². The van der Waals surface area contributed by atoms with Crippen molar-refractivity contribution in [2.45, 2.75) is 52.4 Å². The first-order chi connectivity index (χ1) is 13.0. The fraction of sp³-hybridized carbons (Fsp3) is 0.364. The Morgan fingerprint density at radius 2 is 1.63 bits per heavy atom. The third kappa shape index (κ3) is 7.33. The van der Waals surface area contributed by atoms with Crippen LogP contribution in [0.25, 0.3) is 0 Å². The number of carbonyl (C=O) groups is 2. The minimum Gasteiger partial charge on any atom is -0.326 e. The van der Waals surface area contributed by atoms with Crippen molar-refractivity contribution in [2.24, 2.45) is 0 Å². The molecule has 0 saturated heterocycles. The van der Waals surface area contributed by atoms with Gasteiger partial charge in [0.2, 0.25) is 5.91 Å². The number of anilines is 2. The summed E-state index contributed by atoms with van der Waals surface area (Å²) in [5.74, 6) is -0.133. The highest BCUT2D eigenvalue weighted by atomic mass is 127. The monoisotopic (exact) mass is 478 g/mol. The smallest absolute Gasteiger partial charge is 0.255 e. The summed E-state index contributed by atoms with van der Waals surface area (Å²) in [5.41, 5.74) is 3.11. The van der Waals surface area contributed by atoms with Gasteiger partial charge in [-0.15, -0.1) is 0 Å². The number of benzene rings is 2. The topological polar surface area (TPSA) is 58.2 Å². The zero-order valence-electron chi connectivity index (χ0n) is 16.0. The number of rotatable bonds is 9. The fourth-order valence-electron chi connectivity index (χ4n) is 2.78. The van der Waals surface area contributed by atoms with Crippen LogP contribution in [0, 0.1) is 10.5 Å². The summed E-state index contributed by atoms with van der Waals surface area (Å²) in [6.07, 6.45) is 6.17. The Hall–Kier alpha value is -1.89. The molecule has 0 heterocycles. The van der Waals surface area contributed by atoms with Gasteiger partial charge in [0, 0.05) is 26.9 Å². The van der Waals surface area contributed by atoms with Gasteiger partial charge < -0.3 is 10.6 Å². The second-order valence-electron chi connectivity index (χ2n) is 6.70. The van der Waals surface area contributed by atoms with Gasteiger partial charge in [-0.1, -0.05) is 32.6 Å². The fourth-order valence-corrected chi connectivity index (χ4v) is 3.43. The third-order valence-electron chi connectivity index (χ3n) is 4.37. The molecule has 0 bridgehead atoms. The summed E-state index contributed by atoms with van der Waals surface area (Å²) in [4.78, 5) is 24.4. The predicted molar refractivity (Wildman–Crippen MR) is 120 cm³/mol. The van der Waals surface area contributed by atoms with Crippen molar-refractivity contribution in [3.63, 3.8) is 0 Å². The summed E-state index contributed by atoms with van der Waals surface area (Å²) >= 11 is 2.25. The van der Waals surface area contributed by atoms with Crippen LogP contribution in [0.3, 0.4) is 0 Å². The first-order valence-corrected chi connectivity index (χ1v) is 10.5. The molecular weight excluding hydrogens is 451 g/mol. The lowest BCUT2D eigenvalue weighted by Crippen LogP contribution is -2.14. The van der Waals surface area contributed by atoms with Crippen LogP contribution >= 0.6 is 22.6 Å². The summed E-state index contributed by atoms with van der Waals surface area (Å²) in [7, 11) is 0. The van der Waals surface area contributed by atoms with Gasteiger partial charge in [0.1, 0.15) is 0 Å². The van der Waals surface area contributed by atoms with Crippen LogP contribution in [-0.2, 0) is 4.79 Å². The van der Waals surface area contributed by atoms with Gasteiger partial charge in [-0.3, -0.25) is 9.59 Å². The quantitative estimate of drug-likeness (QED) is 0.336. The first kappa shape index (κ1) is 21.4. The number of hydrogen-bond donors (Lipinski definition) is 2. The van der Waals surface area contributed by atoms with Crippen LogP contribution in [-0.4, -0.2) is 11.8 Å². The number of unbranched alkanes of at least 4 members (excludes halogenated alkanes) is 4. The number of halogens is 1. The van der Waals surface area contributed by atoms with E-state index >= 15 is 0 Å². The van der Waals surface area contributed by atoms with Crippen LogP contribution in [0.15, 0.2) is 42.5 Å². The van der Waals surface area contributed by atoms with Gasteiger partial charge in [0.05, 0.1) is 0 Å². The standard InChI is InChI=1S/C22H27IN2O2/c1-3-4-5-6-7-8-21(26)24-19-12-9-17(10-13-19)22(27)25-20-14-11-18(23)15-16(20)2/h9-15H,3-8H2,1-2H3,(H,24,26)(H,25,27). The molecule has 0 aliphatic rings. The van der Waals surface area contributed by atoms with E-state index in [1.807, 2.05) is 25.1 Å². The molecule has 0 fully saturated rings. The van der Waals surface area contributed by atoms with E-state index in [9.17, 15) is 9.59 Å². The van der Waals surface area contributed by atoms with Crippen LogP contribution < -0.4 is 10.6 Å². The molecule has 27 heavy (non-hydrogen) atoms.